The molecule has 2 aromatic carbocycles. The van der Waals surface area contributed by atoms with E-state index in [9.17, 15) is 20.3 Å². The first-order chi connectivity index (χ1) is 11.1. The van der Waals surface area contributed by atoms with Crippen molar-refractivity contribution >= 4 is 11.9 Å². The van der Waals surface area contributed by atoms with Crippen LogP contribution in [0.15, 0.2) is 47.5 Å². The molecular weight excluding hydrogens is 298 g/mol. The predicted octanol–water partition coefficient (Wildman–Crippen LogP) is 2.21. The van der Waals surface area contributed by atoms with Crippen molar-refractivity contribution in [2.45, 2.75) is 6.54 Å². The number of hydrogen-bond donors (Lipinski definition) is 3. The minimum atomic E-state index is -0.523. The molecule has 0 aliphatic carbocycles. The first-order valence-corrected chi connectivity index (χ1v) is 7.03. The summed E-state index contributed by atoms with van der Waals surface area (Å²) < 4.78 is 0. The highest BCUT2D eigenvalue weighted by molar-refractivity contribution is 5.84. The van der Waals surface area contributed by atoms with E-state index >= 15 is 0 Å². The highest BCUT2D eigenvalue weighted by Crippen LogP contribution is 2.21. The molecule has 0 saturated carbocycles. The first-order valence-electron chi connectivity index (χ1n) is 7.03. The fourth-order valence-electron chi connectivity index (χ4n) is 1.95. The summed E-state index contributed by atoms with van der Waals surface area (Å²) >= 11 is 0. The van der Waals surface area contributed by atoms with Crippen LogP contribution in [0.5, 0.6) is 11.5 Å². The summed E-state index contributed by atoms with van der Waals surface area (Å²) in [7, 11) is 0. The van der Waals surface area contributed by atoms with E-state index in [2.05, 4.69) is 10.3 Å². The molecule has 0 bridgehead atoms. The highest BCUT2D eigenvalue weighted by atomic mass is 16.6. The Morgan fingerprint density at radius 3 is 2.70 bits per heavy atom. The van der Waals surface area contributed by atoms with Gasteiger partial charge in [-0.1, -0.05) is 18.2 Å². The second-order valence-corrected chi connectivity index (χ2v) is 4.84. The highest BCUT2D eigenvalue weighted by Gasteiger charge is 2.08. The maximum Gasteiger partial charge on any atom is 0.270 e. The third-order valence-corrected chi connectivity index (χ3v) is 3.18. The maximum atomic E-state index is 10.7. The lowest BCUT2D eigenvalue weighted by atomic mass is 10.2. The number of nitro groups is 1. The third-order valence-electron chi connectivity index (χ3n) is 3.18. The van der Waals surface area contributed by atoms with Crippen molar-refractivity contribution in [2.75, 3.05) is 13.1 Å². The number of aliphatic imine (C=N–C) groups is 1. The fourth-order valence-corrected chi connectivity index (χ4v) is 1.95. The molecule has 3 N–H and O–H groups in total. The van der Waals surface area contributed by atoms with E-state index in [0.29, 0.717) is 25.2 Å². The third kappa shape index (κ3) is 4.79. The van der Waals surface area contributed by atoms with Crippen molar-refractivity contribution < 1.29 is 15.1 Å². The van der Waals surface area contributed by atoms with E-state index in [1.54, 1.807) is 12.1 Å². The molecule has 2 aromatic rings. The van der Waals surface area contributed by atoms with Gasteiger partial charge in [-0.25, -0.2) is 0 Å². The van der Waals surface area contributed by atoms with Crippen LogP contribution in [0.1, 0.15) is 11.1 Å². The molecule has 0 atom stereocenters. The number of nitro benzene ring substituents is 1. The van der Waals surface area contributed by atoms with Crippen molar-refractivity contribution in [1.29, 1.82) is 0 Å². The zero-order chi connectivity index (χ0) is 16.7. The summed E-state index contributed by atoms with van der Waals surface area (Å²) in [6.07, 6.45) is 1.41. The van der Waals surface area contributed by atoms with Gasteiger partial charge in [-0.2, -0.15) is 0 Å². The number of phenolic OH excluding ortho intramolecular Hbond substituents is 2. The van der Waals surface area contributed by atoms with Crippen LogP contribution in [0.2, 0.25) is 0 Å². The molecule has 0 saturated heterocycles. The second-order valence-electron chi connectivity index (χ2n) is 4.84. The fraction of sp³-hybridized carbons (Fsp3) is 0.188. The smallest absolute Gasteiger partial charge is 0.270 e. The predicted molar refractivity (Wildman–Crippen MR) is 87.0 cm³/mol. The van der Waals surface area contributed by atoms with E-state index in [1.807, 2.05) is 12.1 Å². The molecule has 2 rings (SSSR count). The molecule has 7 nitrogen and oxygen atoms in total. The van der Waals surface area contributed by atoms with Crippen LogP contribution in [0, 0.1) is 10.1 Å². The monoisotopic (exact) mass is 315 g/mol. The van der Waals surface area contributed by atoms with Gasteiger partial charge in [0, 0.05) is 42.6 Å². The maximum absolute atomic E-state index is 10.7. The number of hydrogen-bond acceptors (Lipinski definition) is 6. The Labute approximate surface area is 133 Å². The van der Waals surface area contributed by atoms with Gasteiger partial charge in [-0.3, -0.25) is 15.1 Å². The first kappa shape index (κ1) is 16.4. The Hall–Kier alpha value is -2.93. The normalized spacial score (nSPS) is 11.0. The van der Waals surface area contributed by atoms with Crippen molar-refractivity contribution in [3.63, 3.8) is 0 Å². The number of benzene rings is 2. The summed E-state index contributed by atoms with van der Waals surface area (Å²) in [5.74, 6) is 0.187. The van der Waals surface area contributed by atoms with Crippen LogP contribution in [-0.4, -0.2) is 34.4 Å². The Balaban J connectivity index is 1.82. The van der Waals surface area contributed by atoms with Crippen molar-refractivity contribution in [3.05, 3.63) is 63.7 Å². The minimum Gasteiger partial charge on any atom is -0.508 e. The van der Waals surface area contributed by atoms with Crippen LogP contribution < -0.4 is 5.32 Å². The molecule has 0 aliphatic rings. The van der Waals surface area contributed by atoms with Gasteiger partial charge in [0.15, 0.2) is 0 Å². The van der Waals surface area contributed by atoms with Crippen LogP contribution in [-0.2, 0) is 6.54 Å². The summed E-state index contributed by atoms with van der Waals surface area (Å²) in [4.78, 5) is 14.3. The number of para-hydroxylation sites is 1. The lowest BCUT2D eigenvalue weighted by molar-refractivity contribution is -0.384. The Kier molecular flexibility index (Phi) is 5.65. The molecule has 0 radical (unpaired) electrons. The number of nitrogens with one attached hydrogen (secondary N) is 1. The summed E-state index contributed by atoms with van der Waals surface area (Å²) in [5, 5.41) is 33.1. The van der Waals surface area contributed by atoms with Gasteiger partial charge in [-0.15, -0.1) is 0 Å². The van der Waals surface area contributed by atoms with E-state index in [-0.39, 0.29) is 17.2 Å². The SMILES string of the molecule is O=[N+]([O-])c1ccc(O)c(C=NCCNCc2ccccc2O)c1. The Morgan fingerprint density at radius 1 is 1.17 bits per heavy atom. The molecule has 0 fully saturated rings. The van der Waals surface area contributed by atoms with Crippen molar-refractivity contribution in [1.82, 2.24) is 5.32 Å². The van der Waals surface area contributed by atoms with Crippen LogP contribution in [0.25, 0.3) is 0 Å². The largest absolute Gasteiger partial charge is 0.508 e. The number of nitrogens with zero attached hydrogens (tertiary/aromatic N) is 2. The lowest BCUT2D eigenvalue weighted by Crippen LogP contribution is -2.17. The zero-order valence-corrected chi connectivity index (χ0v) is 12.3. The van der Waals surface area contributed by atoms with E-state index in [1.165, 1.54) is 24.4 Å². The van der Waals surface area contributed by atoms with Crippen molar-refractivity contribution in [3.8, 4) is 11.5 Å². The molecule has 7 heteroatoms. The Bertz CT molecular complexity index is 716. The van der Waals surface area contributed by atoms with Crippen LogP contribution in [0.3, 0.4) is 0 Å². The van der Waals surface area contributed by atoms with E-state index in [0.717, 1.165) is 5.56 Å². The summed E-state index contributed by atoms with van der Waals surface area (Å²) in [6, 6.07) is 10.8. The van der Waals surface area contributed by atoms with Crippen LogP contribution in [0.4, 0.5) is 5.69 Å². The average Bonchev–Trinajstić information content (AvgIpc) is 2.53. The lowest BCUT2D eigenvalue weighted by Gasteiger charge is -2.05. The molecular formula is C16H17N3O4. The van der Waals surface area contributed by atoms with Crippen molar-refractivity contribution in [2.24, 2.45) is 4.99 Å². The average molecular weight is 315 g/mol. The van der Waals surface area contributed by atoms with Crippen LogP contribution >= 0.6 is 0 Å². The van der Waals surface area contributed by atoms with Gasteiger partial charge >= 0.3 is 0 Å². The number of rotatable bonds is 7. The van der Waals surface area contributed by atoms with E-state index in [4.69, 9.17) is 0 Å². The molecule has 120 valence electrons. The van der Waals surface area contributed by atoms with Gasteiger partial charge in [0.2, 0.25) is 0 Å². The summed E-state index contributed by atoms with van der Waals surface area (Å²) in [5.41, 5.74) is 1.01. The minimum absolute atomic E-state index is 0.0542. The number of phenols is 2. The van der Waals surface area contributed by atoms with E-state index < -0.39 is 4.92 Å². The number of non-ortho nitro benzene ring substituents is 1. The quantitative estimate of drug-likeness (QED) is 0.314. The van der Waals surface area contributed by atoms with Gasteiger partial charge < -0.3 is 15.5 Å². The van der Waals surface area contributed by atoms with Gasteiger partial charge in [0.1, 0.15) is 11.5 Å². The van der Waals surface area contributed by atoms with Gasteiger partial charge in [0.05, 0.1) is 11.5 Å². The standard InChI is InChI=1S/C16H17N3O4/c20-15-4-2-1-3-12(15)10-17-7-8-18-11-13-9-14(19(22)23)5-6-16(13)21/h1-6,9,11,17,20-21H,7-8,10H2. The molecule has 0 spiro atoms. The van der Waals surface area contributed by atoms with Gasteiger partial charge in [0.25, 0.3) is 5.69 Å². The topological polar surface area (TPSA) is 108 Å². The molecule has 0 amide bonds. The molecule has 23 heavy (non-hydrogen) atoms. The molecule has 0 heterocycles. The molecule has 0 aliphatic heterocycles. The molecule has 0 aromatic heterocycles. The zero-order valence-electron chi connectivity index (χ0n) is 12.3. The second kappa shape index (κ2) is 7.90. The Morgan fingerprint density at radius 2 is 1.96 bits per heavy atom. The van der Waals surface area contributed by atoms with Gasteiger partial charge in [-0.05, 0) is 12.1 Å². The summed E-state index contributed by atoms with van der Waals surface area (Å²) in [6.45, 7) is 1.53. The number of aromatic hydroxyl groups is 2. The molecule has 0 unspecified atom stereocenters.